The molecule has 0 heterocycles. The van der Waals surface area contributed by atoms with E-state index in [0.29, 0.717) is 0 Å². The van der Waals surface area contributed by atoms with Gasteiger partial charge in [-0.2, -0.15) is 0 Å². The summed E-state index contributed by atoms with van der Waals surface area (Å²) in [6.45, 7) is 8.98. The van der Waals surface area contributed by atoms with E-state index in [0.717, 1.165) is 6.42 Å². The SMILES string of the molecule is C#C/C=C\C(=C/C)C1(c2ccc(C(C)(C)CC)cc2)c2ccccc2-c2ccccc21. The molecule has 0 amide bonds. The molecule has 0 N–H and O–H groups in total. The van der Waals surface area contributed by atoms with Crippen LogP contribution >= 0.6 is 0 Å². The largest absolute Gasteiger partial charge is 0.115 e. The van der Waals surface area contributed by atoms with Gasteiger partial charge in [-0.1, -0.05) is 106 Å². The number of allylic oxidation sites excluding steroid dienone is 4. The standard InChI is InChI=1S/C31H30/c1-6-9-14-23(7-2)31(25-21-19-24(20-22-25)30(4,5)8-3)28-17-12-10-15-26(28)27-16-11-13-18-29(27)31/h1,7,9-22H,8H2,2-5H3/b14-9-,23-7+. The molecule has 0 saturated heterocycles. The highest BCUT2D eigenvalue weighted by Crippen LogP contribution is 2.56. The average Bonchev–Trinajstić information content (AvgIpc) is 3.11. The topological polar surface area (TPSA) is 0 Å². The van der Waals surface area contributed by atoms with Crippen molar-refractivity contribution in [3.63, 3.8) is 0 Å². The fourth-order valence-electron chi connectivity index (χ4n) is 4.97. The first kappa shape index (κ1) is 21.0. The molecular formula is C31H30. The summed E-state index contributed by atoms with van der Waals surface area (Å²) < 4.78 is 0. The van der Waals surface area contributed by atoms with Crippen molar-refractivity contribution < 1.29 is 0 Å². The molecule has 0 aliphatic heterocycles. The molecule has 0 bridgehead atoms. The van der Waals surface area contributed by atoms with E-state index in [1.54, 1.807) is 0 Å². The van der Waals surface area contributed by atoms with E-state index in [9.17, 15) is 0 Å². The normalized spacial score (nSPS) is 14.9. The van der Waals surface area contributed by atoms with E-state index >= 15 is 0 Å². The molecule has 3 aromatic carbocycles. The zero-order chi connectivity index (χ0) is 22.1. The molecule has 0 atom stereocenters. The van der Waals surface area contributed by atoms with Crippen molar-refractivity contribution in [1.29, 1.82) is 0 Å². The Kier molecular flexibility index (Phi) is 5.47. The molecule has 0 unspecified atom stereocenters. The van der Waals surface area contributed by atoms with E-state index < -0.39 is 0 Å². The van der Waals surface area contributed by atoms with Crippen LogP contribution in [0.5, 0.6) is 0 Å². The van der Waals surface area contributed by atoms with Crippen LogP contribution in [0.4, 0.5) is 0 Å². The molecule has 0 fully saturated rings. The second kappa shape index (κ2) is 8.09. The van der Waals surface area contributed by atoms with Crippen LogP contribution in [0, 0.1) is 12.3 Å². The van der Waals surface area contributed by atoms with Crippen LogP contribution in [0.15, 0.2) is 96.6 Å². The van der Waals surface area contributed by atoms with Crippen molar-refractivity contribution in [3.05, 3.63) is 119 Å². The minimum Gasteiger partial charge on any atom is -0.115 e. The van der Waals surface area contributed by atoms with Gasteiger partial charge in [0.25, 0.3) is 0 Å². The van der Waals surface area contributed by atoms with Crippen LogP contribution in [-0.2, 0) is 10.8 Å². The van der Waals surface area contributed by atoms with Gasteiger partial charge in [0.05, 0.1) is 5.41 Å². The Hall–Kier alpha value is -3.30. The van der Waals surface area contributed by atoms with Gasteiger partial charge < -0.3 is 0 Å². The molecule has 0 saturated carbocycles. The second-order valence-corrected chi connectivity index (χ2v) is 8.90. The molecule has 0 aromatic heterocycles. The highest BCUT2D eigenvalue weighted by Gasteiger charge is 2.46. The molecule has 0 nitrogen and oxygen atoms in total. The maximum atomic E-state index is 5.62. The number of hydrogen-bond donors (Lipinski definition) is 0. The fraction of sp³-hybridized carbons (Fsp3) is 0.226. The van der Waals surface area contributed by atoms with Crippen LogP contribution in [-0.4, -0.2) is 0 Å². The predicted octanol–water partition coefficient (Wildman–Crippen LogP) is 7.82. The van der Waals surface area contributed by atoms with Crippen molar-refractivity contribution in [2.24, 2.45) is 0 Å². The third kappa shape index (κ3) is 3.17. The highest BCUT2D eigenvalue weighted by atomic mass is 14.5. The van der Waals surface area contributed by atoms with E-state index in [4.69, 9.17) is 6.42 Å². The third-order valence-electron chi connectivity index (χ3n) is 7.04. The van der Waals surface area contributed by atoms with Gasteiger partial charge in [0, 0.05) is 0 Å². The first-order chi connectivity index (χ1) is 15.0. The monoisotopic (exact) mass is 402 g/mol. The minimum atomic E-state index is -0.385. The molecule has 0 heteroatoms. The van der Waals surface area contributed by atoms with Gasteiger partial charge in [-0.05, 0) is 69.9 Å². The lowest BCUT2D eigenvalue weighted by atomic mass is 9.66. The Balaban J connectivity index is 2.07. The molecule has 1 aliphatic carbocycles. The molecule has 154 valence electrons. The van der Waals surface area contributed by atoms with Crippen molar-refractivity contribution in [3.8, 4) is 23.5 Å². The van der Waals surface area contributed by atoms with Gasteiger partial charge in [0.2, 0.25) is 0 Å². The summed E-state index contributed by atoms with van der Waals surface area (Å²) in [5.74, 6) is 2.69. The zero-order valence-corrected chi connectivity index (χ0v) is 18.9. The second-order valence-electron chi connectivity index (χ2n) is 8.90. The number of fused-ring (bicyclic) bond motifs is 3. The lowest BCUT2D eigenvalue weighted by molar-refractivity contribution is 0.506. The minimum absolute atomic E-state index is 0.157. The van der Waals surface area contributed by atoms with E-state index in [2.05, 4.69) is 119 Å². The molecule has 0 spiro atoms. The molecule has 4 rings (SSSR count). The average molecular weight is 403 g/mol. The maximum absolute atomic E-state index is 5.62. The van der Waals surface area contributed by atoms with Crippen molar-refractivity contribution in [2.75, 3.05) is 0 Å². The summed E-state index contributed by atoms with van der Waals surface area (Å²) in [5, 5.41) is 0. The zero-order valence-electron chi connectivity index (χ0n) is 18.9. The van der Waals surface area contributed by atoms with Crippen molar-refractivity contribution in [1.82, 2.24) is 0 Å². The highest BCUT2D eigenvalue weighted by molar-refractivity contribution is 5.86. The van der Waals surface area contributed by atoms with Crippen molar-refractivity contribution in [2.45, 2.75) is 44.9 Å². The van der Waals surface area contributed by atoms with E-state index in [-0.39, 0.29) is 10.8 Å². The lowest BCUT2D eigenvalue weighted by Gasteiger charge is -2.35. The smallest absolute Gasteiger partial charge is 0.0710 e. The summed E-state index contributed by atoms with van der Waals surface area (Å²) in [6, 6.07) is 26.8. The molecule has 1 aliphatic rings. The quantitative estimate of drug-likeness (QED) is 0.301. The van der Waals surface area contributed by atoms with Gasteiger partial charge in [-0.25, -0.2) is 0 Å². The summed E-state index contributed by atoms with van der Waals surface area (Å²) in [5.41, 5.74) is 8.83. The van der Waals surface area contributed by atoms with Crippen LogP contribution in [0.1, 0.15) is 56.4 Å². The Morgan fingerprint density at radius 3 is 1.94 bits per heavy atom. The lowest BCUT2D eigenvalue weighted by Crippen LogP contribution is -2.29. The van der Waals surface area contributed by atoms with E-state index in [1.165, 1.54) is 39.0 Å². The molecule has 31 heavy (non-hydrogen) atoms. The Morgan fingerprint density at radius 2 is 1.45 bits per heavy atom. The van der Waals surface area contributed by atoms with Gasteiger partial charge in [0.1, 0.15) is 0 Å². The summed E-state index contributed by atoms with van der Waals surface area (Å²) in [4.78, 5) is 0. The summed E-state index contributed by atoms with van der Waals surface area (Å²) >= 11 is 0. The molecule has 3 aromatic rings. The number of rotatable bonds is 5. The van der Waals surface area contributed by atoms with Gasteiger partial charge in [-0.3, -0.25) is 0 Å². The first-order valence-electron chi connectivity index (χ1n) is 11.1. The Morgan fingerprint density at radius 1 is 0.903 bits per heavy atom. The molecule has 0 radical (unpaired) electrons. The van der Waals surface area contributed by atoms with Crippen molar-refractivity contribution >= 4 is 0 Å². The van der Waals surface area contributed by atoms with E-state index in [1.807, 2.05) is 6.08 Å². The predicted molar refractivity (Wildman–Crippen MR) is 133 cm³/mol. The number of hydrogen-bond acceptors (Lipinski definition) is 0. The molecular weight excluding hydrogens is 372 g/mol. The van der Waals surface area contributed by atoms with Gasteiger partial charge in [0.15, 0.2) is 0 Å². The third-order valence-corrected chi connectivity index (χ3v) is 7.04. The summed E-state index contributed by atoms with van der Waals surface area (Å²) in [7, 11) is 0. The number of benzene rings is 3. The fourth-order valence-corrected chi connectivity index (χ4v) is 4.97. The maximum Gasteiger partial charge on any atom is 0.0710 e. The Bertz CT molecular complexity index is 1150. The van der Waals surface area contributed by atoms with Crippen LogP contribution in [0.25, 0.3) is 11.1 Å². The first-order valence-corrected chi connectivity index (χ1v) is 11.1. The summed E-state index contributed by atoms with van der Waals surface area (Å²) in [6.07, 6.45) is 12.8. The van der Waals surface area contributed by atoms with Crippen LogP contribution in [0.3, 0.4) is 0 Å². The van der Waals surface area contributed by atoms with Gasteiger partial charge >= 0.3 is 0 Å². The van der Waals surface area contributed by atoms with Crippen LogP contribution in [0.2, 0.25) is 0 Å². The van der Waals surface area contributed by atoms with Crippen LogP contribution < -0.4 is 0 Å². The number of terminal acetylenes is 1. The Labute approximate surface area is 187 Å². The van der Waals surface area contributed by atoms with Gasteiger partial charge in [-0.15, -0.1) is 6.42 Å².